The van der Waals surface area contributed by atoms with Crippen molar-refractivity contribution in [2.45, 2.75) is 63.2 Å². The van der Waals surface area contributed by atoms with Gasteiger partial charge in [-0.05, 0) is 48.7 Å². The van der Waals surface area contributed by atoms with E-state index in [-0.39, 0.29) is 62.0 Å². The molecule has 0 bridgehead atoms. The number of hydrogen-bond acceptors (Lipinski definition) is 4. The minimum Gasteiger partial charge on any atom is -0.872 e. The van der Waals surface area contributed by atoms with Gasteiger partial charge in [0, 0.05) is 0 Å². The fourth-order valence-electron chi connectivity index (χ4n) is 3.01. The zero-order valence-electron chi connectivity index (χ0n) is 16.7. The molecule has 2 aromatic carbocycles. The average molecular weight is 431 g/mol. The fraction of sp³-hybridized carbons (Fsp3) is 0.429. The smallest absolute Gasteiger partial charge is 0.872 e. The maximum atomic E-state index is 11.6. The van der Waals surface area contributed by atoms with Crippen LogP contribution < -0.4 is 61.2 Å². The van der Waals surface area contributed by atoms with Crippen LogP contribution in [0.5, 0.6) is 17.2 Å². The van der Waals surface area contributed by atoms with Gasteiger partial charge in [-0.3, -0.25) is 4.55 Å². The standard InChI is InChI=1S/C21H28O5S.K/c1-2-3-4-5-6-7-8-10-17-15-20(13-14-21(17)27(23,24)25)26-19-12-9-11-18(22)16-19;/h9,11-16,22H,2-8,10H2,1H3,(H,23,24,25);/q;+1/p-1. The van der Waals surface area contributed by atoms with E-state index >= 15 is 0 Å². The molecule has 2 aromatic rings. The molecule has 0 amide bonds. The van der Waals surface area contributed by atoms with Gasteiger partial charge in [-0.15, -0.1) is 5.75 Å². The number of ether oxygens (including phenoxy) is 1. The Hall–Kier alpha value is -0.414. The van der Waals surface area contributed by atoms with Crippen LogP contribution in [0.3, 0.4) is 0 Å². The molecule has 0 fully saturated rings. The molecule has 148 valence electrons. The number of rotatable bonds is 11. The first-order chi connectivity index (χ1) is 12.9. The predicted octanol–water partition coefficient (Wildman–Crippen LogP) is 2.10. The third-order valence-corrected chi connectivity index (χ3v) is 5.35. The van der Waals surface area contributed by atoms with Gasteiger partial charge in [0.2, 0.25) is 0 Å². The van der Waals surface area contributed by atoms with Crippen LogP contribution in [0.15, 0.2) is 47.4 Å². The zero-order chi connectivity index (χ0) is 19.7. The monoisotopic (exact) mass is 430 g/mol. The molecule has 28 heavy (non-hydrogen) atoms. The van der Waals surface area contributed by atoms with Crippen molar-refractivity contribution >= 4 is 10.1 Å². The third-order valence-electron chi connectivity index (χ3n) is 4.40. The Morgan fingerprint density at radius 3 is 2.21 bits per heavy atom. The molecule has 0 saturated heterocycles. The molecule has 0 atom stereocenters. The second-order valence-corrected chi connectivity index (χ2v) is 8.08. The maximum absolute atomic E-state index is 11.6. The van der Waals surface area contributed by atoms with Gasteiger partial charge in [0.1, 0.15) is 11.5 Å². The molecule has 0 radical (unpaired) electrons. The van der Waals surface area contributed by atoms with Crippen molar-refractivity contribution in [2.24, 2.45) is 0 Å². The minimum atomic E-state index is -4.29. The summed E-state index contributed by atoms with van der Waals surface area (Å²) in [5, 5.41) is 11.4. The summed E-state index contributed by atoms with van der Waals surface area (Å²) >= 11 is 0. The molecule has 1 N–H and O–H groups in total. The fourth-order valence-corrected chi connectivity index (χ4v) is 3.75. The largest absolute Gasteiger partial charge is 1.00 e. The zero-order valence-corrected chi connectivity index (χ0v) is 20.6. The quantitative estimate of drug-likeness (QED) is 0.335. The Kier molecular flexibility index (Phi) is 11.9. The van der Waals surface area contributed by atoms with Crippen LogP contribution in [-0.4, -0.2) is 13.0 Å². The molecule has 0 aliphatic rings. The van der Waals surface area contributed by atoms with Crippen molar-refractivity contribution in [1.29, 1.82) is 0 Å². The molecule has 0 saturated carbocycles. The Labute approximate surface area is 210 Å². The maximum Gasteiger partial charge on any atom is 1.00 e. The topological polar surface area (TPSA) is 86.7 Å². The molecular formula is C21H27KO5S. The summed E-state index contributed by atoms with van der Waals surface area (Å²) in [7, 11) is -4.29. The molecule has 0 unspecified atom stereocenters. The molecule has 0 heterocycles. The van der Waals surface area contributed by atoms with Crippen LogP contribution in [0.4, 0.5) is 0 Å². The van der Waals surface area contributed by atoms with Gasteiger partial charge in [0.25, 0.3) is 10.1 Å². The molecule has 0 aromatic heterocycles. The number of aryl methyl sites for hydroxylation is 1. The van der Waals surface area contributed by atoms with Crippen LogP contribution in [0.2, 0.25) is 0 Å². The van der Waals surface area contributed by atoms with Crippen LogP contribution in [0.1, 0.15) is 57.4 Å². The first kappa shape index (κ1) is 25.6. The van der Waals surface area contributed by atoms with Crippen molar-refractivity contribution in [3.05, 3.63) is 48.0 Å². The Morgan fingerprint density at radius 1 is 0.929 bits per heavy atom. The number of hydrogen-bond donors (Lipinski definition) is 1. The van der Waals surface area contributed by atoms with Crippen LogP contribution in [0.25, 0.3) is 0 Å². The Bertz CT molecular complexity index is 836. The van der Waals surface area contributed by atoms with E-state index in [4.69, 9.17) is 4.74 Å². The summed E-state index contributed by atoms with van der Waals surface area (Å²) in [6.45, 7) is 2.18. The van der Waals surface area contributed by atoms with Crippen LogP contribution in [0, 0.1) is 0 Å². The van der Waals surface area contributed by atoms with E-state index in [0.29, 0.717) is 23.5 Å². The van der Waals surface area contributed by atoms with Gasteiger partial charge in [-0.2, -0.15) is 8.42 Å². The number of unbranched alkanes of at least 4 members (excludes halogenated alkanes) is 6. The molecule has 0 spiro atoms. The van der Waals surface area contributed by atoms with Gasteiger partial charge in [-0.1, -0.05) is 57.6 Å². The Morgan fingerprint density at radius 2 is 1.57 bits per heavy atom. The van der Waals surface area contributed by atoms with Gasteiger partial charge in [0.05, 0.1) is 4.90 Å². The summed E-state index contributed by atoms with van der Waals surface area (Å²) in [4.78, 5) is -0.0848. The first-order valence-corrected chi connectivity index (χ1v) is 10.9. The van der Waals surface area contributed by atoms with Crippen molar-refractivity contribution in [3.63, 3.8) is 0 Å². The SMILES string of the molecule is CCCCCCCCCc1cc(Oc2cccc([O-])c2)ccc1S(=O)(=O)O.[K+]. The molecule has 0 aliphatic carbocycles. The van der Waals surface area contributed by atoms with E-state index in [9.17, 15) is 18.1 Å². The van der Waals surface area contributed by atoms with E-state index in [1.807, 2.05) is 0 Å². The molecule has 7 heteroatoms. The molecule has 0 aliphatic heterocycles. The second-order valence-electron chi connectivity index (χ2n) is 6.69. The molecule has 2 rings (SSSR count). The number of benzene rings is 2. The van der Waals surface area contributed by atoms with E-state index < -0.39 is 10.1 Å². The summed E-state index contributed by atoms with van der Waals surface area (Å²) in [6, 6.07) is 10.5. The van der Waals surface area contributed by atoms with Crippen molar-refractivity contribution in [2.75, 3.05) is 0 Å². The first-order valence-electron chi connectivity index (χ1n) is 9.45. The molecule has 5 nitrogen and oxygen atoms in total. The normalized spacial score (nSPS) is 11.1. The van der Waals surface area contributed by atoms with E-state index in [0.717, 1.165) is 19.3 Å². The van der Waals surface area contributed by atoms with Crippen molar-refractivity contribution < 1.29 is 74.2 Å². The molecular weight excluding hydrogens is 403 g/mol. The third kappa shape index (κ3) is 8.94. The summed E-state index contributed by atoms with van der Waals surface area (Å²) in [6.07, 6.45) is 8.39. The van der Waals surface area contributed by atoms with Gasteiger partial charge >= 0.3 is 51.4 Å². The van der Waals surface area contributed by atoms with Gasteiger partial charge < -0.3 is 9.84 Å². The Balaban J connectivity index is 0.00000392. The van der Waals surface area contributed by atoms with E-state index in [1.165, 1.54) is 49.9 Å². The minimum absolute atomic E-state index is 0. The summed E-state index contributed by atoms with van der Waals surface area (Å²) in [5.41, 5.74) is 0.529. The van der Waals surface area contributed by atoms with E-state index in [1.54, 1.807) is 18.2 Å². The van der Waals surface area contributed by atoms with Gasteiger partial charge in [-0.25, -0.2) is 0 Å². The average Bonchev–Trinajstić information content (AvgIpc) is 2.60. The van der Waals surface area contributed by atoms with Crippen LogP contribution in [-0.2, 0) is 16.5 Å². The summed E-state index contributed by atoms with van der Waals surface area (Å²) in [5.74, 6) is 0.667. The van der Waals surface area contributed by atoms with Crippen molar-refractivity contribution in [3.8, 4) is 17.2 Å². The van der Waals surface area contributed by atoms with Crippen LogP contribution >= 0.6 is 0 Å². The van der Waals surface area contributed by atoms with Gasteiger partial charge in [0.15, 0.2) is 0 Å². The predicted molar refractivity (Wildman–Crippen MR) is 104 cm³/mol. The van der Waals surface area contributed by atoms with E-state index in [2.05, 4.69) is 6.92 Å². The van der Waals surface area contributed by atoms with Crippen molar-refractivity contribution in [1.82, 2.24) is 0 Å². The second kappa shape index (κ2) is 13.0. The summed E-state index contributed by atoms with van der Waals surface area (Å²) < 4.78 is 38.4.